The fourth-order valence-corrected chi connectivity index (χ4v) is 4.81. The van der Waals surface area contributed by atoms with Crippen molar-refractivity contribution < 1.29 is 0 Å². The molecule has 0 unspecified atom stereocenters. The van der Waals surface area contributed by atoms with Crippen LogP contribution in [0.5, 0.6) is 0 Å². The maximum atomic E-state index is 6.67. The third kappa shape index (κ3) is 5.44. The lowest BCUT2D eigenvalue weighted by molar-refractivity contribution is 0.215. The SMILES string of the molecule is C=C1NCc2cc(-c3cc(Cl)c4ccc(C(=C)N5CCN(C(=C)C)CC5)cc4n3)ccc21.CCCC. The van der Waals surface area contributed by atoms with Gasteiger partial charge in [-0.25, -0.2) is 4.98 Å². The van der Waals surface area contributed by atoms with Gasteiger partial charge in [0.2, 0.25) is 0 Å². The number of allylic oxidation sites excluding steroid dienone is 1. The molecule has 0 atom stereocenters. The van der Waals surface area contributed by atoms with Gasteiger partial charge in [0, 0.05) is 66.3 Å². The molecule has 1 fully saturated rings. The Morgan fingerprint density at radius 2 is 1.67 bits per heavy atom. The fourth-order valence-electron chi connectivity index (χ4n) is 4.54. The van der Waals surface area contributed by atoms with Crippen LogP contribution in [0, 0.1) is 0 Å². The lowest BCUT2D eigenvalue weighted by Gasteiger charge is -2.38. The van der Waals surface area contributed by atoms with Crippen molar-refractivity contribution in [3.05, 3.63) is 89.6 Å². The van der Waals surface area contributed by atoms with E-state index in [2.05, 4.69) is 92.0 Å². The zero-order valence-electron chi connectivity index (χ0n) is 21.8. The molecule has 0 spiro atoms. The summed E-state index contributed by atoms with van der Waals surface area (Å²) < 4.78 is 0. The number of benzene rings is 2. The molecule has 36 heavy (non-hydrogen) atoms. The molecule has 0 bridgehead atoms. The standard InChI is InChI=1S/C27H27ClN4.C4H10/c1-17(2)31-9-11-32(12-10-31)19(4)20-5-8-24-25(28)15-26(30-27(24)14-20)21-6-7-23-18(3)29-16-22(23)13-21;1-3-4-2/h5-8,13-15,29H,1,3-4,9-12,16H2,2H3;3-4H2,1-2H3. The molecule has 1 saturated heterocycles. The average molecular weight is 501 g/mol. The normalized spacial score (nSPS) is 14.7. The van der Waals surface area contributed by atoms with Gasteiger partial charge in [0.15, 0.2) is 0 Å². The number of pyridine rings is 1. The van der Waals surface area contributed by atoms with E-state index in [0.29, 0.717) is 5.02 Å². The highest BCUT2D eigenvalue weighted by molar-refractivity contribution is 6.35. The summed E-state index contributed by atoms with van der Waals surface area (Å²) in [5, 5.41) is 4.96. The van der Waals surface area contributed by atoms with E-state index in [-0.39, 0.29) is 0 Å². The second-order valence-corrected chi connectivity index (χ2v) is 9.99. The van der Waals surface area contributed by atoms with Crippen molar-refractivity contribution in [2.24, 2.45) is 0 Å². The second-order valence-electron chi connectivity index (χ2n) is 9.58. The van der Waals surface area contributed by atoms with E-state index in [1.54, 1.807) is 0 Å². The molecule has 2 aromatic carbocycles. The Hall–Kier alpha value is -3.24. The van der Waals surface area contributed by atoms with Crippen LogP contribution >= 0.6 is 11.6 Å². The molecular weight excluding hydrogens is 464 g/mol. The van der Waals surface area contributed by atoms with Gasteiger partial charge in [-0.15, -0.1) is 0 Å². The highest BCUT2D eigenvalue weighted by Crippen LogP contribution is 2.33. The van der Waals surface area contributed by atoms with Crippen molar-refractivity contribution in [3.63, 3.8) is 0 Å². The Kier molecular flexibility index (Phi) is 8.05. The summed E-state index contributed by atoms with van der Waals surface area (Å²) >= 11 is 6.67. The minimum atomic E-state index is 0.709. The number of rotatable bonds is 5. The number of piperazine rings is 1. The van der Waals surface area contributed by atoms with Gasteiger partial charge in [0.05, 0.1) is 16.2 Å². The molecule has 0 aliphatic carbocycles. The predicted octanol–water partition coefficient (Wildman–Crippen LogP) is 7.56. The van der Waals surface area contributed by atoms with Gasteiger partial charge in [0.25, 0.3) is 0 Å². The van der Waals surface area contributed by atoms with Gasteiger partial charge < -0.3 is 15.1 Å². The highest BCUT2D eigenvalue weighted by atomic mass is 35.5. The Morgan fingerprint density at radius 1 is 0.972 bits per heavy atom. The Labute approximate surface area is 221 Å². The second kappa shape index (κ2) is 11.2. The summed E-state index contributed by atoms with van der Waals surface area (Å²) in [7, 11) is 0. The van der Waals surface area contributed by atoms with E-state index in [0.717, 1.165) is 77.5 Å². The van der Waals surface area contributed by atoms with Crippen molar-refractivity contribution in [1.82, 2.24) is 20.1 Å². The molecule has 1 N–H and O–H groups in total. The topological polar surface area (TPSA) is 31.4 Å². The van der Waals surface area contributed by atoms with Gasteiger partial charge in [-0.05, 0) is 36.2 Å². The minimum absolute atomic E-state index is 0.709. The van der Waals surface area contributed by atoms with Crippen LogP contribution in [-0.4, -0.2) is 41.0 Å². The van der Waals surface area contributed by atoms with E-state index in [9.17, 15) is 0 Å². The van der Waals surface area contributed by atoms with E-state index >= 15 is 0 Å². The number of nitrogens with one attached hydrogen (secondary N) is 1. The number of fused-ring (bicyclic) bond motifs is 2. The first-order valence-electron chi connectivity index (χ1n) is 12.8. The summed E-state index contributed by atoms with van der Waals surface area (Å²) in [5.74, 6) is 0. The average Bonchev–Trinajstić information content (AvgIpc) is 3.28. The van der Waals surface area contributed by atoms with Crippen LogP contribution in [0.15, 0.2) is 67.9 Å². The van der Waals surface area contributed by atoms with Crippen LogP contribution < -0.4 is 5.32 Å². The molecule has 0 saturated carbocycles. The zero-order valence-corrected chi connectivity index (χ0v) is 22.6. The maximum Gasteiger partial charge on any atom is 0.0731 e. The maximum absolute atomic E-state index is 6.67. The van der Waals surface area contributed by atoms with Gasteiger partial charge in [0.1, 0.15) is 0 Å². The van der Waals surface area contributed by atoms with Gasteiger partial charge in [-0.1, -0.05) is 82.3 Å². The van der Waals surface area contributed by atoms with Crippen molar-refractivity contribution in [3.8, 4) is 11.3 Å². The van der Waals surface area contributed by atoms with Gasteiger partial charge in [-0.2, -0.15) is 0 Å². The lowest BCUT2D eigenvalue weighted by atomic mass is 10.0. The smallest absolute Gasteiger partial charge is 0.0731 e. The Balaban J connectivity index is 0.000000709. The van der Waals surface area contributed by atoms with Crippen LogP contribution in [0.1, 0.15) is 50.3 Å². The zero-order chi connectivity index (χ0) is 25.8. The number of halogens is 1. The molecule has 3 heterocycles. The van der Waals surface area contributed by atoms with Crippen LogP contribution in [0.2, 0.25) is 5.02 Å². The Morgan fingerprint density at radius 3 is 2.33 bits per heavy atom. The quantitative estimate of drug-likeness (QED) is 0.391. The van der Waals surface area contributed by atoms with Crippen LogP contribution in [-0.2, 0) is 6.54 Å². The van der Waals surface area contributed by atoms with E-state index in [1.807, 2.05) is 6.07 Å². The summed E-state index contributed by atoms with van der Waals surface area (Å²) in [6.45, 7) is 23.5. The van der Waals surface area contributed by atoms with Crippen LogP contribution in [0.4, 0.5) is 0 Å². The molecule has 188 valence electrons. The molecule has 2 aliphatic rings. The van der Waals surface area contributed by atoms with Crippen LogP contribution in [0.3, 0.4) is 0 Å². The third-order valence-corrected chi connectivity index (χ3v) is 7.32. The molecule has 0 radical (unpaired) electrons. The molecule has 0 amide bonds. The monoisotopic (exact) mass is 500 g/mol. The summed E-state index contributed by atoms with van der Waals surface area (Å²) in [6.07, 6.45) is 2.64. The molecule has 2 aliphatic heterocycles. The van der Waals surface area contributed by atoms with Crippen molar-refractivity contribution in [2.45, 2.75) is 40.2 Å². The lowest BCUT2D eigenvalue weighted by Crippen LogP contribution is -2.44. The van der Waals surface area contributed by atoms with Gasteiger partial charge in [-0.3, -0.25) is 0 Å². The number of unbranched alkanes of at least 4 members (excludes halogenated alkanes) is 1. The van der Waals surface area contributed by atoms with Crippen molar-refractivity contribution in [1.29, 1.82) is 0 Å². The minimum Gasteiger partial charge on any atom is -0.381 e. The van der Waals surface area contributed by atoms with E-state index in [4.69, 9.17) is 16.6 Å². The molecular formula is C31H37ClN4. The summed E-state index contributed by atoms with van der Waals surface area (Å²) in [4.78, 5) is 9.63. The van der Waals surface area contributed by atoms with Crippen molar-refractivity contribution in [2.75, 3.05) is 26.2 Å². The number of aromatic nitrogens is 1. The largest absolute Gasteiger partial charge is 0.381 e. The van der Waals surface area contributed by atoms with E-state index < -0.39 is 0 Å². The number of nitrogens with zero attached hydrogens (tertiary/aromatic N) is 3. The first-order chi connectivity index (χ1) is 17.3. The third-order valence-electron chi connectivity index (χ3n) is 7.01. The fraction of sp³-hybridized carbons (Fsp3) is 0.323. The highest BCUT2D eigenvalue weighted by Gasteiger charge is 2.19. The summed E-state index contributed by atoms with van der Waals surface area (Å²) in [5.41, 5.74) is 9.43. The van der Waals surface area contributed by atoms with E-state index in [1.165, 1.54) is 24.0 Å². The molecule has 3 aromatic rings. The molecule has 4 nitrogen and oxygen atoms in total. The first kappa shape index (κ1) is 25.8. The predicted molar refractivity (Wildman–Crippen MR) is 156 cm³/mol. The molecule has 1 aromatic heterocycles. The first-order valence-corrected chi connectivity index (χ1v) is 13.2. The molecule has 5 rings (SSSR count). The number of hydrogen-bond acceptors (Lipinski definition) is 4. The Bertz CT molecular complexity index is 1300. The molecule has 5 heteroatoms. The van der Waals surface area contributed by atoms with Crippen LogP contribution in [0.25, 0.3) is 33.6 Å². The summed E-state index contributed by atoms with van der Waals surface area (Å²) in [6, 6.07) is 14.6. The van der Waals surface area contributed by atoms with Crippen molar-refractivity contribution >= 4 is 33.9 Å². The number of hydrogen-bond donors (Lipinski definition) is 1. The van der Waals surface area contributed by atoms with Gasteiger partial charge >= 0.3 is 0 Å².